The van der Waals surface area contributed by atoms with Crippen molar-refractivity contribution in [3.05, 3.63) is 113 Å². The molecule has 2 heterocycles. The molecule has 2 aliphatic rings. The van der Waals surface area contributed by atoms with Gasteiger partial charge in [-0.1, -0.05) is 42.5 Å². The molecular formula is C41H51N5O4. The van der Waals surface area contributed by atoms with E-state index in [1.165, 1.54) is 0 Å². The normalized spacial score (nSPS) is 13.9. The number of benzene rings is 4. The standard InChI is InChI=1S/C41H51N5O4/c1-5-43(6-2)32-17-19-36-38(27-32)50-39-28-33(44(7-3)8-4)18-20-37(39)41(36)35-12-10-9-11-34(35)40(49)46(41)22-21-42-29-30-13-15-31(16-14-30)45(23-25-47)24-26-48/h9-20,27-28,42,47-48H,5-8,21-26,29H2,1-4H3. The number of nitrogens with zero attached hydrogens (tertiary/aromatic N) is 4. The lowest BCUT2D eigenvalue weighted by Gasteiger charge is -2.45. The van der Waals surface area contributed by atoms with Gasteiger partial charge in [-0.25, -0.2) is 0 Å². The van der Waals surface area contributed by atoms with Crippen molar-refractivity contribution in [2.75, 3.05) is 80.3 Å². The fourth-order valence-electron chi connectivity index (χ4n) is 7.76. The number of nitrogens with one attached hydrogen (secondary N) is 1. The van der Waals surface area contributed by atoms with Gasteiger partial charge in [-0.3, -0.25) is 4.79 Å². The third kappa shape index (κ3) is 6.30. The van der Waals surface area contributed by atoms with Crippen LogP contribution in [0.3, 0.4) is 0 Å². The second-order valence-electron chi connectivity index (χ2n) is 12.8. The second-order valence-corrected chi connectivity index (χ2v) is 12.8. The van der Waals surface area contributed by atoms with Gasteiger partial charge < -0.3 is 39.9 Å². The van der Waals surface area contributed by atoms with Gasteiger partial charge in [0.25, 0.3) is 5.91 Å². The largest absolute Gasteiger partial charge is 0.456 e. The SMILES string of the molecule is CCN(CC)c1ccc2c(c1)Oc1cc(N(CC)CC)ccc1C21c2ccccc2C(=O)N1CCNCc1ccc(N(CCO)CCO)cc1. The highest BCUT2D eigenvalue weighted by atomic mass is 16.5. The number of anilines is 3. The number of hydrogen-bond acceptors (Lipinski definition) is 8. The van der Waals surface area contributed by atoms with Crippen molar-refractivity contribution < 1.29 is 19.7 Å². The Morgan fingerprint density at radius 2 is 1.22 bits per heavy atom. The third-order valence-corrected chi connectivity index (χ3v) is 10.3. The van der Waals surface area contributed by atoms with Gasteiger partial charge in [-0.2, -0.15) is 0 Å². The molecule has 9 nitrogen and oxygen atoms in total. The Balaban J connectivity index is 1.36. The van der Waals surface area contributed by atoms with Crippen LogP contribution in [0.5, 0.6) is 11.5 Å². The molecule has 1 spiro atoms. The van der Waals surface area contributed by atoms with Crippen LogP contribution in [-0.2, 0) is 12.1 Å². The van der Waals surface area contributed by atoms with E-state index in [1.807, 2.05) is 40.1 Å². The summed E-state index contributed by atoms with van der Waals surface area (Å²) in [4.78, 5) is 23.1. The molecule has 4 aromatic carbocycles. The molecule has 0 saturated carbocycles. The lowest BCUT2D eigenvalue weighted by molar-refractivity contribution is 0.0667. The number of hydrogen-bond donors (Lipinski definition) is 3. The molecule has 2 aliphatic heterocycles. The summed E-state index contributed by atoms with van der Waals surface area (Å²) in [6.07, 6.45) is 0. The van der Waals surface area contributed by atoms with Crippen molar-refractivity contribution in [3.63, 3.8) is 0 Å². The van der Waals surface area contributed by atoms with Gasteiger partial charge in [-0.15, -0.1) is 0 Å². The van der Waals surface area contributed by atoms with Crippen LogP contribution in [0.15, 0.2) is 84.9 Å². The van der Waals surface area contributed by atoms with Crippen LogP contribution in [0, 0.1) is 0 Å². The van der Waals surface area contributed by atoms with E-state index < -0.39 is 5.54 Å². The van der Waals surface area contributed by atoms with Gasteiger partial charge in [0.05, 0.1) is 13.2 Å². The minimum Gasteiger partial charge on any atom is -0.456 e. The number of amides is 1. The molecule has 1 amide bonds. The van der Waals surface area contributed by atoms with Crippen molar-refractivity contribution in [2.45, 2.75) is 39.8 Å². The van der Waals surface area contributed by atoms with Gasteiger partial charge in [0.15, 0.2) is 0 Å². The highest BCUT2D eigenvalue weighted by Gasteiger charge is 2.56. The first kappa shape index (κ1) is 35.3. The number of fused-ring (bicyclic) bond motifs is 6. The maximum Gasteiger partial charge on any atom is 0.255 e. The summed E-state index contributed by atoms with van der Waals surface area (Å²) in [5.74, 6) is 1.56. The Morgan fingerprint density at radius 1 is 0.680 bits per heavy atom. The van der Waals surface area contributed by atoms with E-state index >= 15 is 0 Å². The molecule has 9 heteroatoms. The topological polar surface area (TPSA) is 91.8 Å². The molecule has 0 bridgehead atoms. The summed E-state index contributed by atoms with van der Waals surface area (Å²) in [6.45, 7) is 14.9. The first-order valence-electron chi connectivity index (χ1n) is 18.1. The maximum atomic E-state index is 14.5. The fraction of sp³-hybridized carbons (Fsp3) is 0.390. The lowest BCUT2D eigenvalue weighted by atomic mass is 9.74. The van der Waals surface area contributed by atoms with E-state index in [9.17, 15) is 15.0 Å². The number of aliphatic hydroxyl groups is 2. The van der Waals surface area contributed by atoms with Crippen LogP contribution in [0.4, 0.5) is 17.1 Å². The van der Waals surface area contributed by atoms with Crippen molar-refractivity contribution in [1.82, 2.24) is 10.2 Å². The molecule has 0 atom stereocenters. The Bertz CT molecular complexity index is 1700. The zero-order valence-corrected chi connectivity index (χ0v) is 29.9. The molecule has 0 fully saturated rings. The van der Waals surface area contributed by atoms with Gasteiger partial charge in [0.2, 0.25) is 0 Å². The van der Waals surface area contributed by atoms with Crippen LogP contribution in [0.2, 0.25) is 0 Å². The van der Waals surface area contributed by atoms with Crippen LogP contribution >= 0.6 is 0 Å². The van der Waals surface area contributed by atoms with Crippen molar-refractivity contribution >= 4 is 23.0 Å². The van der Waals surface area contributed by atoms with Crippen molar-refractivity contribution in [1.29, 1.82) is 0 Å². The summed E-state index contributed by atoms with van der Waals surface area (Å²) in [7, 11) is 0. The summed E-state index contributed by atoms with van der Waals surface area (Å²) in [5, 5.41) is 22.4. The average Bonchev–Trinajstić information content (AvgIpc) is 3.38. The Morgan fingerprint density at radius 3 is 1.76 bits per heavy atom. The van der Waals surface area contributed by atoms with E-state index in [2.05, 4.69) is 97.4 Å². The number of aliphatic hydroxyl groups excluding tert-OH is 2. The molecule has 0 saturated heterocycles. The maximum absolute atomic E-state index is 14.5. The predicted octanol–water partition coefficient (Wildman–Crippen LogP) is 5.81. The second kappa shape index (κ2) is 15.5. The summed E-state index contributed by atoms with van der Waals surface area (Å²) in [5.41, 5.74) is 7.06. The van der Waals surface area contributed by atoms with Crippen LogP contribution in [0.25, 0.3) is 0 Å². The van der Waals surface area contributed by atoms with Gasteiger partial charge in [0.1, 0.15) is 17.0 Å². The van der Waals surface area contributed by atoms with E-state index in [-0.39, 0.29) is 19.1 Å². The summed E-state index contributed by atoms with van der Waals surface area (Å²) < 4.78 is 6.82. The molecule has 6 rings (SSSR count). The molecule has 0 unspecified atom stereocenters. The lowest BCUT2D eigenvalue weighted by Crippen LogP contribution is -2.49. The number of carbonyl (C=O) groups excluding carboxylic acids is 1. The number of carbonyl (C=O) groups is 1. The molecule has 0 aliphatic carbocycles. The highest BCUT2D eigenvalue weighted by Crippen LogP contribution is 2.58. The van der Waals surface area contributed by atoms with Gasteiger partial charge in [0, 0.05) is 105 Å². The monoisotopic (exact) mass is 677 g/mol. The Labute approximate surface area is 296 Å². The molecule has 0 radical (unpaired) electrons. The molecule has 0 aromatic heterocycles. The predicted molar refractivity (Wildman–Crippen MR) is 202 cm³/mol. The Hall–Kier alpha value is -4.57. The van der Waals surface area contributed by atoms with Crippen molar-refractivity contribution in [2.24, 2.45) is 0 Å². The molecule has 4 aromatic rings. The molecule has 3 N–H and O–H groups in total. The first-order valence-corrected chi connectivity index (χ1v) is 18.1. The van der Waals surface area contributed by atoms with Crippen LogP contribution in [-0.4, -0.2) is 86.6 Å². The fourth-order valence-corrected chi connectivity index (χ4v) is 7.76. The zero-order chi connectivity index (χ0) is 35.3. The van der Waals surface area contributed by atoms with E-state index in [0.29, 0.717) is 32.7 Å². The average molecular weight is 678 g/mol. The zero-order valence-electron chi connectivity index (χ0n) is 29.9. The highest BCUT2D eigenvalue weighted by molar-refractivity contribution is 6.02. The van der Waals surface area contributed by atoms with E-state index in [1.54, 1.807) is 0 Å². The minimum atomic E-state index is -0.855. The molecular weight excluding hydrogens is 626 g/mol. The van der Waals surface area contributed by atoms with E-state index in [0.717, 1.165) is 82.6 Å². The molecule has 264 valence electrons. The minimum absolute atomic E-state index is 0.0130. The quantitative estimate of drug-likeness (QED) is 0.128. The molecule has 50 heavy (non-hydrogen) atoms. The van der Waals surface area contributed by atoms with Crippen LogP contribution in [0.1, 0.15) is 60.3 Å². The number of rotatable bonds is 16. The smallest absolute Gasteiger partial charge is 0.255 e. The first-order chi connectivity index (χ1) is 24.4. The van der Waals surface area contributed by atoms with Gasteiger partial charge >= 0.3 is 0 Å². The summed E-state index contributed by atoms with van der Waals surface area (Å²) >= 11 is 0. The Kier molecular flexibility index (Phi) is 11.0. The van der Waals surface area contributed by atoms with E-state index in [4.69, 9.17) is 4.74 Å². The summed E-state index contributed by atoms with van der Waals surface area (Å²) in [6, 6.07) is 29.2. The third-order valence-electron chi connectivity index (χ3n) is 10.3. The van der Waals surface area contributed by atoms with Gasteiger partial charge in [-0.05, 0) is 69.2 Å². The van der Waals surface area contributed by atoms with Crippen LogP contribution < -0.4 is 24.8 Å². The van der Waals surface area contributed by atoms with Crippen molar-refractivity contribution in [3.8, 4) is 11.5 Å². The number of ether oxygens (including phenoxy) is 1.